The highest BCUT2D eigenvalue weighted by Gasteiger charge is 2.34. The third-order valence-electron chi connectivity index (χ3n) is 9.74. The summed E-state index contributed by atoms with van der Waals surface area (Å²) >= 11 is 1.21. The van der Waals surface area contributed by atoms with Crippen LogP contribution in [0.25, 0.3) is 34.3 Å². The number of aromatic nitrogens is 2. The zero-order valence-electron chi connectivity index (χ0n) is 33.8. The van der Waals surface area contributed by atoms with Crippen LogP contribution in [0.4, 0.5) is 0 Å². The van der Waals surface area contributed by atoms with E-state index < -0.39 is 23.9 Å². The highest BCUT2D eigenvalue weighted by Crippen LogP contribution is 2.38. The number of benzene rings is 4. The minimum absolute atomic E-state index is 0.117. The van der Waals surface area contributed by atoms with Gasteiger partial charge in [-0.25, -0.2) is 19.4 Å². The Labute approximate surface area is 350 Å². The molecular weight excluding hydrogens is 783 g/mol. The van der Waals surface area contributed by atoms with Gasteiger partial charge < -0.3 is 28.3 Å². The average Bonchev–Trinajstić information content (AvgIpc) is 3.79. The van der Waals surface area contributed by atoms with Crippen molar-refractivity contribution in [1.82, 2.24) is 9.13 Å². The maximum absolute atomic E-state index is 14.9. The first kappa shape index (κ1) is 41.2. The summed E-state index contributed by atoms with van der Waals surface area (Å²) in [4.78, 5) is 58.3. The molecule has 1 aliphatic rings. The molecular formula is C47H43N3O9S. The molecule has 0 saturated heterocycles. The number of rotatable bonds is 14. The Kier molecular flexibility index (Phi) is 12.6. The Bertz CT molecular complexity index is 2770. The van der Waals surface area contributed by atoms with Gasteiger partial charge in [0.1, 0.15) is 0 Å². The second-order valence-corrected chi connectivity index (χ2v) is 14.5. The van der Waals surface area contributed by atoms with E-state index in [9.17, 15) is 19.2 Å². The SMILES string of the molecule is CCOC(=O)C1=C(C)N=c2s/c(=C/c3cc(-c4ccccc4)n(-c4ccc(C(=O)OCC)cc4)c3-c3ccccc3)c(=O)n2[C@H]1c1ccc(OCC(=O)OC)c(OCC)c1. The highest BCUT2D eigenvalue weighted by atomic mass is 32.1. The predicted molar refractivity (Wildman–Crippen MR) is 228 cm³/mol. The van der Waals surface area contributed by atoms with Crippen LogP contribution in [0.1, 0.15) is 55.2 Å². The Morgan fingerprint density at radius 1 is 0.767 bits per heavy atom. The molecule has 0 amide bonds. The number of thiazole rings is 1. The van der Waals surface area contributed by atoms with Gasteiger partial charge in [0.2, 0.25) is 0 Å². The third kappa shape index (κ3) is 8.30. The molecule has 0 saturated carbocycles. The van der Waals surface area contributed by atoms with Gasteiger partial charge in [0.05, 0.1) is 65.7 Å². The lowest BCUT2D eigenvalue weighted by Gasteiger charge is -2.25. The maximum atomic E-state index is 14.9. The van der Waals surface area contributed by atoms with Gasteiger partial charge in [0.15, 0.2) is 22.9 Å². The van der Waals surface area contributed by atoms with Crippen molar-refractivity contribution in [2.45, 2.75) is 33.7 Å². The predicted octanol–water partition coefficient (Wildman–Crippen LogP) is 7.05. The lowest BCUT2D eigenvalue weighted by atomic mass is 9.95. The van der Waals surface area contributed by atoms with E-state index in [1.54, 1.807) is 51.1 Å². The molecule has 6 aromatic rings. The first-order valence-electron chi connectivity index (χ1n) is 19.5. The number of allylic oxidation sites excluding steroid dienone is 1. The fourth-order valence-electron chi connectivity index (χ4n) is 7.11. The van der Waals surface area contributed by atoms with Crippen LogP contribution in [0.2, 0.25) is 0 Å². The number of carbonyl (C=O) groups is 3. The van der Waals surface area contributed by atoms with Crippen LogP contribution in [0.3, 0.4) is 0 Å². The van der Waals surface area contributed by atoms with Gasteiger partial charge in [-0.05, 0) is 92.9 Å². The first-order chi connectivity index (χ1) is 29.2. The smallest absolute Gasteiger partial charge is 0.343 e. The summed E-state index contributed by atoms with van der Waals surface area (Å²) in [6.45, 7) is 7.35. The van der Waals surface area contributed by atoms with Gasteiger partial charge in [-0.2, -0.15) is 0 Å². The molecule has 0 bridgehead atoms. The fraction of sp³-hybridized carbons (Fsp3) is 0.213. The Morgan fingerprint density at radius 3 is 2.08 bits per heavy atom. The summed E-state index contributed by atoms with van der Waals surface area (Å²) in [5.41, 5.74) is 6.26. The van der Waals surface area contributed by atoms with E-state index in [1.165, 1.54) is 23.0 Å². The molecule has 1 aliphatic heterocycles. The molecule has 0 aliphatic carbocycles. The van der Waals surface area contributed by atoms with Crippen LogP contribution >= 0.6 is 11.3 Å². The molecule has 0 spiro atoms. The summed E-state index contributed by atoms with van der Waals surface area (Å²) in [5.74, 6) is -0.968. The molecule has 3 heterocycles. The van der Waals surface area contributed by atoms with Gasteiger partial charge in [-0.15, -0.1) is 0 Å². The number of fused-ring (bicyclic) bond motifs is 1. The fourth-order valence-corrected chi connectivity index (χ4v) is 8.15. The van der Waals surface area contributed by atoms with E-state index in [2.05, 4.69) is 4.57 Å². The molecule has 12 nitrogen and oxygen atoms in total. The van der Waals surface area contributed by atoms with Crippen molar-refractivity contribution in [2.24, 2.45) is 4.99 Å². The molecule has 60 heavy (non-hydrogen) atoms. The summed E-state index contributed by atoms with van der Waals surface area (Å²) in [6, 6.07) is 33.2. The van der Waals surface area contributed by atoms with E-state index in [0.29, 0.717) is 37.7 Å². The second-order valence-electron chi connectivity index (χ2n) is 13.5. The van der Waals surface area contributed by atoms with Crippen molar-refractivity contribution in [3.63, 3.8) is 0 Å². The van der Waals surface area contributed by atoms with Gasteiger partial charge in [-0.1, -0.05) is 78.1 Å². The zero-order chi connectivity index (χ0) is 42.3. The van der Waals surface area contributed by atoms with E-state index in [-0.39, 0.29) is 37.6 Å². The number of hydrogen-bond donors (Lipinski definition) is 0. The molecule has 0 fully saturated rings. The second kappa shape index (κ2) is 18.3. The maximum Gasteiger partial charge on any atom is 0.343 e. The normalized spacial score (nSPS) is 13.6. The van der Waals surface area contributed by atoms with Gasteiger partial charge >= 0.3 is 17.9 Å². The zero-order valence-corrected chi connectivity index (χ0v) is 34.6. The van der Waals surface area contributed by atoms with Crippen LogP contribution in [0.5, 0.6) is 11.5 Å². The molecule has 0 N–H and O–H groups in total. The van der Waals surface area contributed by atoms with E-state index in [4.69, 9.17) is 28.7 Å². The van der Waals surface area contributed by atoms with Crippen molar-refractivity contribution in [3.05, 3.63) is 157 Å². The summed E-state index contributed by atoms with van der Waals surface area (Å²) in [6.07, 6.45) is 1.86. The van der Waals surface area contributed by atoms with Gasteiger partial charge in [0.25, 0.3) is 5.56 Å². The lowest BCUT2D eigenvalue weighted by Crippen LogP contribution is -2.40. The Balaban J connectivity index is 1.45. The molecule has 7 rings (SSSR count). The van der Waals surface area contributed by atoms with E-state index in [1.807, 2.05) is 91.9 Å². The lowest BCUT2D eigenvalue weighted by molar-refractivity contribution is -0.143. The van der Waals surface area contributed by atoms with Crippen LogP contribution in [0, 0.1) is 0 Å². The Hall–Kier alpha value is -6.99. The first-order valence-corrected chi connectivity index (χ1v) is 20.3. The van der Waals surface area contributed by atoms with Crippen molar-refractivity contribution < 1.29 is 38.1 Å². The molecule has 1 atom stereocenters. The van der Waals surface area contributed by atoms with Crippen molar-refractivity contribution in [3.8, 4) is 39.7 Å². The van der Waals surface area contributed by atoms with E-state index >= 15 is 0 Å². The minimum atomic E-state index is -0.938. The molecule has 0 radical (unpaired) electrons. The quantitative estimate of drug-likeness (QED) is 0.0836. The molecule has 2 aromatic heterocycles. The van der Waals surface area contributed by atoms with Crippen LogP contribution in [-0.2, 0) is 23.8 Å². The van der Waals surface area contributed by atoms with Crippen molar-refractivity contribution >= 4 is 35.3 Å². The number of esters is 3. The monoisotopic (exact) mass is 825 g/mol. The standard InChI is InChI=1S/C47H43N3O9S/c1-6-56-38-26-33(21-24-37(38)59-28-40(51)55-5)43-41(46(54)58-8-3)29(4)48-47-50(43)44(52)39(60-47)27-34-25-36(30-15-11-9-12-16-30)49(42(34)31-17-13-10-14-18-31)35-22-19-32(20-23-35)45(53)57-7-2/h9-27,43H,6-8,28H2,1-5H3/b39-27+/t43-/m0/s1. The van der Waals surface area contributed by atoms with Gasteiger partial charge in [-0.3, -0.25) is 9.36 Å². The van der Waals surface area contributed by atoms with Gasteiger partial charge in [0, 0.05) is 11.3 Å². The largest absolute Gasteiger partial charge is 0.490 e. The van der Waals surface area contributed by atoms with Crippen molar-refractivity contribution in [1.29, 1.82) is 0 Å². The molecule has 13 heteroatoms. The highest BCUT2D eigenvalue weighted by molar-refractivity contribution is 7.07. The minimum Gasteiger partial charge on any atom is -0.490 e. The number of carbonyl (C=O) groups excluding carboxylic acids is 3. The summed E-state index contributed by atoms with van der Waals surface area (Å²) < 4.78 is 31.2. The topological polar surface area (TPSA) is 137 Å². The van der Waals surface area contributed by atoms with E-state index in [0.717, 1.165) is 33.8 Å². The average molecular weight is 826 g/mol. The number of ether oxygens (including phenoxy) is 5. The molecule has 4 aromatic carbocycles. The third-order valence-corrected chi connectivity index (χ3v) is 10.7. The van der Waals surface area contributed by atoms with Crippen molar-refractivity contribution in [2.75, 3.05) is 33.5 Å². The molecule has 0 unspecified atom stereocenters. The number of methoxy groups -OCH3 is 1. The Morgan fingerprint density at radius 2 is 1.43 bits per heavy atom. The number of nitrogens with zero attached hydrogens (tertiary/aromatic N) is 3. The van der Waals surface area contributed by atoms with Crippen LogP contribution in [-0.4, -0.2) is 60.6 Å². The summed E-state index contributed by atoms with van der Waals surface area (Å²) in [5, 5.41) is 0. The van der Waals surface area contributed by atoms with Crippen LogP contribution in [0.15, 0.2) is 130 Å². The molecule has 306 valence electrons. The number of hydrogen-bond acceptors (Lipinski definition) is 11. The van der Waals surface area contributed by atoms with Crippen LogP contribution < -0.4 is 24.4 Å². The summed E-state index contributed by atoms with van der Waals surface area (Å²) in [7, 11) is 1.27.